The number of hydrogen-bond donors (Lipinski definition) is 1. The SMILES string of the molecule is C=CC[C@](O)(CCN(C(=O)OC)C(C)c1ccc(Br)cc1)c1ccccc1F. The number of ether oxygens (including phenoxy) is 1. The Labute approximate surface area is 173 Å². The van der Waals surface area contributed by atoms with Gasteiger partial charge in [-0.15, -0.1) is 6.58 Å². The maximum absolute atomic E-state index is 14.3. The minimum atomic E-state index is -1.47. The predicted molar refractivity (Wildman–Crippen MR) is 111 cm³/mol. The van der Waals surface area contributed by atoms with Crippen molar-refractivity contribution in [3.05, 3.63) is 82.6 Å². The van der Waals surface area contributed by atoms with Crippen molar-refractivity contribution in [1.82, 2.24) is 4.90 Å². The van der Waals surface area contributed by atoms with E-state index in [1.54, 1.807) is 24.3 Å². The summed E-state index contributed by atoms with van der Waals surface area (Å²) in [5.74, 6) is -0.488. The van der Waals surface area contributed by atoms with Crippen LogP contribution in [0, 0.1) is 5.82 Å². The molecule has 2 aromatic carbocycles. The van der Waals surface area contributed by atoms with E-state index in [1.165, 1.54) is 18.1 Å². The number of benzene rings is 2. The molecule has 0 saturated carbocycles. The van der Waals surface area contributed by atoms with Crippen LogP contribution >= 0.6 is 15.9 Å². The van der Waals surface area contributed by atoms with Crippen LogP contribution in [0.3, 0.4) is 0 Å². The van der Waals surface area contributed by atoms with E-state index in [0.717, 1.165) is 10.0 Å². The van der Waals surface area contributed by atoms with Gasteiger partial charge in [0.05, 0.1) is 18.8 Å². The lowest BCUT2D eigenvalue weighted by Gasteiger charge is -2.33. The van der Waals surface area contributed by atoms with Gasteiger partial charge < -0.3 is 14.7 Å². The van der Waals surface area contributed by atoms with Crippen molar-refractivity contribution < 1.29 is 19.0 Å². The van der Waals surface area contributed by atoms with Gasteiger partial charge in [-0.25, -0.2) is 9.18 Å². The third-order valence-corrected chi connectivity index (χ3v) is 5.38. The zero-order valence-corrected chi connectivity index (χ0v) is 17.7. The third kappa shape index (κ3) is 5.20. The minimum Gasteiger partial charge on any atom is -0.453 e. The first-order chi connectivity index (χ1) is 13.3. The van der Waals surface area contributed by atoms with Crippen LogP contribution in [0.5, 0.6) is 0 Å². The summed E-state index contributed by atoms with van der Waals surface area (Å²) in [5.41, 5.74) is -0.360. The Morgan fingerprint density at radius 1 is 1.32 bits per heavy atom. The summed E-state index contributed by atoms with van der Waals surface area (Å²) < 4.78 is 20.2. The van der Waals surface area contributed by atoms with Gasteiger partial charge in [0.1, 0.15) is 5.82 Å². The Balaban J connectivity index is 2.27. The quantitative estimate of drug-likeness (QED) is 0.535. The fourth-order valence-corrected chi connectivity index (χ4v) is 3.48. The number of nitrogens with zero attached hydrogens (tertiary/aromatic N) is 1. The second-order valence-electron chi connectivity index (χ2n) is 6.65. The van der Waals surface area contributed by atoms with Crippen LogP contribution in [0.25, 0.3) is 0 Å². The summed E-state index contributed by atoms with van der Waals surface area (Å²) in [5, 5.41) is 11.2. The molecule has 28 heavy (non-hydrogen) atoms. The fourth-order valence-electron chi connectivity index (χ4n) is 3.21. The van der Waals surface area contributed by atoms with Crippen LogP contribution in [0.2, 0.25) is 0 Å². The summed E-state index contributed by atoms with van der Waals surface area (Å²) in [4.78, 5) is 13.9. The highest BCUT2D eigenvalue weighted by molar-refractivity contribution is 9.10. The molecule has 0 radical (unpaired) electrons. The van der Waals surface area contributed by atoms with Crippen molar-refractivity contribution in [1.29, 1.82) is 0 Å². The summed E-state index contributed by atoms with van der Waals surface area (Å²) in [6.45, 7) is 5.75. The van der Waals surface area contributed by atoms with Crippen molar-refractivity contribution in [2.45, 2.75) is 31.4 Å². The molecule has 0 heterocycles. The van der Waals surface area contributed by atoms with E-state index in [9.17, 15) is 14.3 Å². The van der Waals surface area contributed by atoms with Crippen molar-refractivity contribution >= 4 is 22.0 Å². The lowest BCUT2D eigenvalue weighted by molar-refractivity contribution is 0.0129. The van der Waals surface area contributed by atoms with E-state index in [1.807, 2.05) is 31.2 Å². The fraction of sp³-hybridized carbons (Fsp3) is 0.318. The van der Waals surface area contributed by atoms with Gasteiger partial charge in [-0.2, -0.15) is 0 Å². The number of amides is 1. The lowest BCUT2D eigenvalue weighted by Crippen LogP contribution is -2.38. The van der Waals surface area contributed by atoms with Crippen LogP contribution in [0.1, 0.15) is 36.9 Å². The highest BCUT2D eigenvalue weighted by atomic mass is 79.9. The van der Waals surface area contributed by atoms with Gasteiger partial charge >= 0.3 is 6.09 Å². The number of hydrogen-bond acceptors (Lipinski definition) is 3. The monoisotopic (exact) mass is 449 g/mol. The average Bonchev–Trinajstić information content (AvgIpc) is 2.68. The van der Waals surface area contributed by atoms with Gasteiger partial charge in [-0.3, -0.25) is 0 Å². The molecule has 2 aromatic rings. The Morgan fingerprint density at radius 2 is 1.96 bits per heavy atom. The van der Waals surface area contributed by atoms with E-state index in [2.05, 4.69) is 22.5 Å². The Kier molecular flexibility index (Phi) is 7.78. The largest absolute Gasteiger partial charge is 0.453 e. The summed E-state index contributed by atoms with van der Waals surface area (Å²) in [6.07, 6.45) is 1.34. The molecule has 0 spiro atoms. The number of carbonyl (C=O) groups is 1. The first kappa shape index (κ1) is 22.1. The molecule has 0 aliphatic carbocycles. The summed E-state index contributed by atoms with van der Waals surface area (Å²) >= 11 is 3.40. The Hall–Kier alpha value is -2.18. The maximum Gasteiger partial charge on any atom is 0.409 e. The molecule has 0 aromatic heterocycles. The molecule has 1 amide bonds. The van der Waals surface area contributed by atoms with Crippen molar-refractivity contribution in [2.75, 3.05) is 13.7 Å². The first-order valence-electron chi connectivity index (χ1n) is 9.00. The van der Waals surface area contributed by atoms with Crippen LogP contribution in [0.15, 0.2) is 65.7 Å². The highest BCUT2D eigenvalue weighted by Crippen LogP contribution is 2.33. The van der Waals surface area contributed by atoms with Crippen LogP contribution in [-0.4, -0.2) is 29.8 Å². The molecule has 2 atom stereocenters. The molecule has 150 valence electrons. The summed E-state index contributed by atoms with van der Waals surface area (Å²) in [7, 11) is 1.32. The maximum atomic E-state index is 14.3. The Morgan fingerprint density at radius 3 is 2.54 bits per heavy atom. The molecule has 0 fully saturated rings. The minimum absolute atomic E-state index is 0.135. The van der Waals surface area contributed by atoms with Crippen LogP contribution < -0.4 is 0 Å². The zero-order chi connectivity index (χ0) is 20.7. The first-order valence-corrected chi connectivity index (χ1v) is 9.80. The molecular formula is C22H25BrFNO3. The second-order valence-corrected chi connectivity index (χ2v) is 7.56. The van der Waals surface area contributed by atoms with Gasteiger partial charge in [0.15, 0.2) is 0 Å². The average molecular weight is 450 g/mol. The van der Waals surface area contributed by atoms with Gasteiger partial charge in [0.2, 0.25) is 0 Å². The topological polar surface area (TPSA) is 49.8 Å². The lowest BCUT2D eigenvalue weighted by atomic mass is 9.86. The molecule has 0 saturated heterocycles. The molecular weight excluding hydrogens is 425 g/mol. The van der Waals surface area contributed by atoms with E-state index in [0.29, 0.717) is 0 Å². The molecule has 1 unspecified atom stereocenters. The number of methoxy groups -OCH3 is 1. The van der Waals surface area contributed by atoms with E-state index >= 15 is 0 Å². The third-order valence-electron chi connectivity index (χ3n) is 4.85. The van der Waals surface area contributed by atoms with Crippen LogP contribution in [0.4, 0.5) is 9.18 Å². The van der Waals surface area contributed by atoms with E-state index in [-0.39, 0.29) is 31.0 Å². The highest BCUT2D eigenvalue weighted by Gasteiger charge is 2.33. The van der Waals surface area contributed by atoms with Crippen LogP contribution in [-0.2, 0) is 10.3 Å². The molecule has 0 aliphatic heterocycles. The molecule has 1 N–H and O–H groups in total. The predicted octanol–water partition coefficient (Wildman–Crippen LogP) is 5.57. The van der Waals surface area contributed by atoms with Crippen molar-refractivity contribution in [3.8, 4) is 0 Å². The summed E-state index contributed by atoms with van der Waals surface area (Å²) in [6, 6.07) is 13.5. The number of rotatable bonds is 8. The van der Waals surface area contributed by atoms with E-state index in [4.69, 9.17) is 4.74 Å². The molecule has 0 aliphatic rings. The van der Waals surface area contributed by atoms with Gasteiger partial charge in [-0.05, 0) is 43.5 Å². The molecule has 2 rings (SSSR count). The van der Waals surface area contributed by atoms with E-state index < -0.39 is 17.5 Å². The number of aliphatic hydroxyl groups is 1. The van der Waals surface area contributed by atoms with Gasteiger partial charge in [-0.1, -0.05) is 52.3 Å². The molecule has 4 nitrogen and oxygen atoms in total. The zero-order valence-electron chi connectivity index (χ0n) is 16.1. The second kappa shape index (κ2) is 9.85. The molecule has 0 bridgehead atoms. The number of carbonyl (C=O) groups excluding carboxylic acids is 1. The van der Waals surface area contributed by atoms with Crippen molar-refractivity contribution in [3.63, 3.8) is 0 Å². The standard InChI is InChI=1S/C22H25BrFNO3/c1-4-13-22(27,19-7-5-6-8-20(19)24)14-15-25(21(26)28-3)16(2)17-9-11-18(23)12-10-17/h4-12,16,27H,1,13-15H2,2-3H3/t16?,22-/m0/s1. The van der Waals surface area contributed by atoms with Crippen molar-refractivity contribution in [2.24, 2.45) is 0 Å². The Bertz CT molecular complexity index is 812. The van der Waals surface area contributed by atoms with Gasteiger partial charge in [0, 0.05) is 16.6 Å². The molecule has 6 heteroatoms. The van der Waals surface area contributed by atoms with Gasteiger partial charge in [0.25, 0.3) is 0 Å². The smallest absolute Gasteiger partial charge is 0.409 e. The number of halogens is 2. The normalized spacial score (nSPS) is 14.0.